The molecule has 0 heterocycles. The van der Waals surface area contributed by atoms with Gasteiger partial charge in [-0.15, -0.1) is 6.42 Å². The predicted octanol–water partition coefficient (Wildman–Crippen LogP) is 1.98. The molecule has 0 aromatic heterocycles. The highest BCUT2D eigenvalue weighted by molar-refractivity contribution is 5.42. The summed E-state index contributed by atoms with van der Waals surface area (Å²) in [7, 11) is 1.64. The van der Waals surface area contributed by atoms with Gasteiger partial charge in [0.05, 0.1) is 7.11 Å². The summed E-state index contributed by atoms with van der Waals surface area (Å²) in [5.74, 6) is 3.40. The number of terminal acetylenes is 1. The van der Waals surface area contributed by atoms with Crippen LogP contribution in [0.4, 0.5) is 0 Å². The summed E-state index contributed by atoms with van der Waals surface area (Å²) >= 11 is 0. The van der Waals surface area contributed by atoms with Crippen LogP contribution in [0, 0.1) is 19.3 Å². The third-order valence-corrected chi connectivity index (χ3v) is 1.57. The molecular formula is C10H10O. The smallest absolute Gasteiger partial charge is 0.123 e. The van der Waals surface area contributed by atoms with Gasteiger partial charge in [-0.3, -0.25) is 0 Å². The molecule has 0 spiro atoms. The molecule has 0 saturated carbocycles. The van der Waals surface area contributed by atoms with Gasteiger partial charge in [0.25, 0.3) is 0 Å². The van der Waals surface area contributed by atoms with Gasteiger partial charge in [0.2, 0.25) is 0 Å². The van der Waals surface area contributed by atoms with Crippen LogP contribution in [-0.4, -0.2) is 7.11 Å². The highest BCUT2D eigenvalue weighted by atomic mass is 16.5. The van der Waals surface area contributed by atoms with Crippen molar-refractivity contribution in [2.24, 2.45) is 0 Å². The molecule has 0 aliphatic rings. The van der Waals surface area contributed by atoms with Crippen LogP contribution in [0.1, 0.15) is 11.1 Å². The lowest BCUT2D eigenvalue weighted by molar-refractivity contribution is 0.411. The number of ether oxygens (including phenoxy) is 1. The van der Waals surface area contributed by atoms with E-state index in [1.165, 1.54) is 0 Å². The minimum atomic E-state index is 0.848. The number of hydrogen-bond donors (Lipinski definition) is 0. The summed E-state index contributed by atoms with van der Waals surface area (Å²) in [5, 5.41) is 0. The molecule has 0 amide bonds. The molecule has 0 atom stereocenters. The highest BCUT2D eigenvalue weighted by Gasteiger charge is 1.96. The normalized spacial score (nSPS) is 8.82. The van der Waals surface area contributed by atoms with Gasteiger partial charge in [0.1, 0.15) is 5.75 Å². The molecule has 0 N–H and O–H groups in total. The summed E-state index contributed by atoms with van der Waals surface area (Å²) in [6.45, 7) is 1.99. The topological polar surface area (TPSA) is 9.23 Å². The van der Waals surface area contributed by atoms with Gasteiger partial charge in [-0.25, -0.2) is 0 Å². The maximum absolute atomic E-state index is 5.22. The number of benzene rings is 1. The lowest BCUT2D eigenvalue weighted by atomic mass is 10.1. The summed E-state index contributed by atoms with van der Waals surface area (Å²) in [6, 6.07) is 5.71. The molecule has 0 bridgehead atoms. The lowest BCUT2D eigenvalue weighted by Gasteiger charge is -2.03. The molecule has 0 saturated heterocycles. The number of rotatable bonds is 1. The molecule has 0 fully saturated rings. The van der Waals surface area contributed by atoms with E-state index in [4.69, 9.17) is 11.2 Å². The minimum Gasteiger partial charge on any atom is -0.496 e. The van der Waals surface area contributed by atoms with Gasteiger partial charge in [0.15, 0.2) is 0 Å². The maximum atomic E-state index is 5.22. The summed E-state index contributed by atoms with van der Waals surface area (Å²) < 4.78 is 5.09. The molecular weight excluding hydrogens is 136 g/mol. The summed E-state index contributed by atoms with van der Waals surface area (Å²) in [5.41, 5.74) is 1.96. The van der Waals surface area contributed by atoms with Gasteiger partial charge in [0, 0.05) is 5.56 Å². The fraction of sp³-hybridized carbons (Fsp3) is 0.200. The van der Waals surface area contributed by atoms with E-state index in [9.17, 15) is 0 Å². The lowest BCUT2D eigenvalue weighted by Crippen LogP contribution is -1.87. The second-order valence-electron chi connectivity index (χ2n) is 2.33. The van der Waals surface area contributed by atoms with Crippen molar-refractivity contribution in [2.45, 2.75) is 6.92 Å². The van der Waals surface area contributed by atoms with Crippen LogP contribution >= 0.6 is 0 Å². The van der Waals surface area contributed by atoms with E-state index in [-0.39, 0.29) is 0 Å². The SMILES string of the molecule is C#Cc1ccc(C)c(OC)c1. The van der Waals surface area contributed by atoms with Crippen LogP contribution < -0.4 is 4.74 Å². The number of hydrogen-bond acceptors (Lipinski definition) is 1. The van der Waals surface area contributed by atoms with Crippen LogP contribution in [0.15, 0.2) is 18.2 Å². The Labute approximate surface area is 67.0 Å². The molecule has 56 valence electrons. The van der Waals surface area contributed by atoms with Gasteiger partial charge >= 0.3 is 0 Å². The molecule has 0 unspecified atom stereocenters. The Morgan fingerprint density at radius 2 is 2.18 bits per heavy atom. The number of aryl methyl sites for hydroxylation is 1. The Bertz CT molecular complexity index is 294. The molecule has 1 rings (SSSR count). The molecule has 0 aliphatic carbocycles. The van der Waals surface area contributed by atoms with Gasteiger partial charge in [-0.2, -0.15) is 0 Å². The first-order valence-electron chi connectivity index (χ1n) is 3.39. The Morgan fingerprint density at radius 1 is 1.45 bits per heavy atom. The first-order chi connectivity index (χ1) is 5.27. The zero-order chi connectivity index (χ0) is 8.27. The molecule has 1 nitrogen and oxygen atoms in total. The second-order valence-corrected chi connectivity index (χ2v) is 2.33. The standard InChI is InChI=1S/C10H10O/c1-4-9-6-5-8(2)10(7-9)11-3/h1,5-7H,2-3H3. The Morgan fingerprint density at radius 3 is 2.73 bits per heavy atom. The fourth-order valence-corrected chi connectivity index (χ4v) is 0.910. The van der Waals surface area contributed by atoms with E-state index < -0.39 is 0 Å². The van der Waals surface area contributed by atoms with E-state index in [1.54, 1.807) is 7.11 Å². The van der Waals surface area contributed by atoms with E-state index in [1.807, 2.05) is 25.1 Å². The monoisotopic (exact) mass is 146 g/mol. The molecule has 11 heavy (non-hydrogen) atoms. The molecule has 1 aromatic rings. The summed E-state index contributed by atoms with van der Waals surface area (Å²) in [4.78, 5) is 0. The third-order valence-electron chi connectivity index (χ3n) is 1.57. The van der Waals surface area contributed by atoms with Gasteiger partial charge in [-0.1, -0.05) is 12.0 Å². The average molecular weight is 146 g/mol. The largest absolute Gasteiger partial charge is 0.496 e. The fourth-order valence-electron chi connectivity index (χ4n) is 0.910. The van der Waals surface area contributed by atoms with Gasteiger partial charge < -0.3 is 4.74 Å². The highest BCUT2D eigenvalue weighted by Crippen LogP contribution is 2.17. The predicted molar refractivity (Wildman–Crippen MR) is 45.7 cm³/mol. The van der Waals surface area contributed by atoms with Crippen LogP contribution in [0.25, 0.3) is 0 Å². The molecule has 0 radical (unpaired) electrons. The first-order valence-corrected chi connectivity index (χ1v) is 3.39. The van der Waals surface area contributed by atoms with Gasteiger partial charge in [-0.05, 0) is 24.6 Å². The van der Waals surface area contributed by atoms with Crippen molar-refractivity contribution in [3.05, 3.63) is 29.3 Å². The van der Waals surface area contributed by atoms with E-state index in [2.05, 4.69) is 5.92 Å². The maximum Gasteiger partial charge on any atom is 0.123 e. The molecule has 1 heteroatoms. The average Bonchev–Trinajstić information content (AvgIpc) is 2.05. The van der Waals surface area contributed by atoms with Crippen LogP contribution in [0.3, 0.4) is 0 Å². The van der Waals surface area contributed by atoms with E-state index in [0.717, 1.165) is 16.9 Å². The van der Waals surface area contributed by atoms with E-state index in [0.29, 0.717) is 0 Å². The zero-order valence-corrected chi connectivity index (χ0v) is 6.72. The zero-order valence-electron chi connectivity index (χ0n) is 6.72. The van der Waals surface area contributed by atoms with Crippen molar-refractivity contribution >= 4 is 0 Å². The third kappa shape index (κ3) is 1.53. The van der Waals surface area contributed by atoms with Crippen molar-refractivity contribution in [3.63, 3.8) is 0 Å². The second kappa shape index (κ2) is 3.12. The van der Waals surface area contributed by atoms with Crippen molar-refractivity contribution < 1.29 is 4.74 Å². The van der Waals surface area contributed by atoms with Crippen LogP contribution in [0.2, 0.25) is 0 Å². The first kappa shape index (κ1) is 7.68. The van der Waals surface area contributed by atoms with Crippen molar-refractivity contribution in [2.75, 3.05) is 7.11 Å². The van der Waals surface area contributed by atoms with Crippen LogP contribution in [-0.2, 0) is 0 Å². The Hall–Kier alpha value is -1.42. The molecule has 1 aromatic carbocycles. The van der Waals surface area contributed by atoms with Crippen LogP contribution in [0.5, 0.6) is 5.75 Å². The Kier molecular flexibility index (Phi) is 2.18. The van der Waals surface area contributed by atoms with E-state index >= 15 is 0 Å². The Balaban J connectivity index is 3.15. The number of methoxy groups -OCH3 is 1. The van der Waals surface area contributed by atoms with Crippen molar-refractivity contribution in [3.8, 4) is 18.1 Å². The van der Waals surface area contributed by atoms with Crippen molar-refractivity contribution in [1.82, 2.24) is 0 Å². The minimum absolute atomic E-state index is 0.848. The van der Waals surface area contributed by atoms with Crippen molar-refractivity contribution in [1.29, 1.82) is 0 Å². The molecule has 0 aliphatic heterocycles. The summed E-state index contributed by atoms with van der Waals surface area (Å²) in [6.07, 6.45) is 5.22. The quantitative estimate of drug-likeness (QED) is 0.550.